The molecule has 0 bridgehead atoms. The van der Waals surface area contributed by atoms with Crippen LogP contribution in [0.2, 0.25) is 0 Å². The second-order valence-electron chi connectivity index (χ2n) is 21.6. The molecule has 2 aromatic heterocycles. The average molecular weight is 1150 g/mol. The lowest BCUT2D eigenvalue weighted by molar-refractivity contribution is -0.124. The summed E-state index contributed by atoms with van der Waals surface area (Å²) in [5.74, 6) is 0.765. The van der Waals surface area contributed by atoms with Crippen LogP contribution in [-0.4, -0.2) is 47.4 Å². The number of hydrogen-bond acceptors (Lipinski definition) is 5. The van der Waals surface area contributed by atoms with Gasteiger partial charge in [-0.3, -0.25) is 9.59 Å². The van der Waals surface area contributed by atoms with Crippen LogP contribution in [0.15, 0.2) is 43.0 Å². The molecule has 404 valence electrons. The summed E-state index contributed by atoms with van der Waals surface area (Å²) >= 11 is 10.6. The molecule has 0 saturated heterocycles. The van der Waals surface area contributed by atoms with Gasteiger partial charge < -0.3 is 14.5 Å². The third-order valence-electron chi connectivity index (χ3n) is 15.3. The summed E-state index contributed by atoms with van der Waals surface area (Å²) in [4.78, 5) is 35.4. The van der Waals surface area contributed by atoms with E-state index in [1.807, 2.05) is 21.9 Å². The van der Waals surface area contributed by atoms with E-state index in [2.05, 4.69) is 71.7 Å². The summed E-state index contributed by atoms with van der Waals surface area (Å²) in [5, 5.41) is 0. The fourth-order valence-electron chi connectivity index (χ4n) is 10.9. The van der Waals surface area contributed by atoms with Crippen molar-refractivity contribution in [2.75, 3.05) is 19.7 Å². The minimum absolute atomic E-state index is 0.00930. The number of carbonyl (C=O) groups is 2. The maximum absolute atomic E-state index is 14.8. The highest BCUT2D eigenvalue weighted by molar-refractivity contribution is 9.11. The van der Waals surface area contributed by atoms with E-state index in [4.69, 9.17) is 4.74 Å². The van der Waals surface area contributed by atoms with Crippen molar-refractivity contribution in [1.82, 2.24) is 9.80 Å². The number of ether oxygens (including phenoxy) is 1. The number of fused-ring (bicyclic) bond motifs is 1. The van der Waals surface area contributed by atoms with E-state index in [-0.39, 0.29) is 11.8 Å². The molecule has 0 radical (unpaired) electrons. The molecule has 0 spiro atoms. The van der Waals surface area contributed by atoms with E-state index in [1.165, 1.54) is 205 Å². The maximum atomic E-state index is 14.8. The Labute approximate surface area is 461 Å². The van der Waals surface area contributed by atoms with Gasteiger partial charge in [0.2, 0.25) is 0 Å². The van der Waals surface area contributed by atoms with E-state index in [1.54, 1.807) is 22.7 Å². The van der Waals surface area contributed by atoms with Crippen LogP contribution in [0.25, 0.3) is 11.4 Å². The van der Waals surface area contributed by atoms with E-state index in [0.717, 1.165) is 86.2 Å². The van der Waals surface area contributed by atoms with Gasteiger partial charge in [0, 0.05) is 19.7 Å². The Morgan fingerprint density at radius 2 is 0.732 bits per heavy atom. The summed E-state index contributed by atoms with van der Waals surface area (Å²) in [7, 11) is 0. The first-order chi connectivity index (χ1) is 34.8. The van der Waals surface area contributed by atoms with E-state index < -0.39 is 0 Å². The van der Waals surface area contributed by atoms with Crippen molar-refractivity contribution >= 4 is 77.7 Å². The number of halogens is 2. The minimum atomic E-state index is -0.0124. The molecule has 4 rings (SSSR count). The second kappa shape index (κ2) is 39.2. The zero-order chi connectivity index (χ0) is 50.7. The zero-order valence-electron chi connectivity index (χ0n) is 45.9. The van der Waals surface area contributed by atoms with E-state index in [0.29, 0.717) is 30.3 Å². The smallest absolute Gasteiger partial charge is 0.261 e. The first kappa shape index (κ1) is 62.3. The predicted octanol–water partition coefficient (Wildman–Crippen LogP) is 21.4. The summed E-state index contributed by atoms with van der Waals surface area (Å²) in [5.41, 5.74) is 2.85. The molecule has 2 unspecified atom stereocenters. The molecular formula is C62H102Br2N2O3S2. The van der Waals surface area contributed by atoms with Crippen LogP contribution in [0.3, 0.4) is 0 Å². The molecule has 0 aromatic carbocycles. The van der Waals surface area contributed by atoms with Gasteiger partial charge in [-0.15, -0.1) is 22.7 Å². The summed E-state index contributed by atoms with van der Waals surface area (Å²) in [6, 6.07) is 8.25. The highest BCUT2D eigenvalue weighted by atomic mass is 79.9. The van der Waals surface area contributed by atoms with E-state index >= 15 is 0 Å². The molecule has 2 atom stereocenters. The van der Waals surface area contributed by atoms with Gasteiger partial charge in [-0.2, -0.15) is 0 Å². The molecule has 0 aliphatic carbocycles. The van der Waals surface area contributed by atoms with Crippen LogP contribution in [-0.2, 0) is 14.3 Å². The minimum Gasteiger partial charge on any atom is -0.378 e. The SMILES string of the molecule is CCCCCCCCCCCCC(C)CCCCCCN1C(=O)C2=C(c3ccc(Br)s3)N(CCCCCCC(CCCCCCCCCCCC)OCCCCCCCCC)C(=O)C2=C1c1ccc(Br)s1. The molecule has 0 N–H and O–H groups in total. The van der Waals surface area contributed by atoms with Crippen molar-refractivity contribution < 1.29 is 14.3 Å². The van der Waals surface area contributed by atoms with Crippen molar-refractivity contribution in [1.29, 1.82) is 0 Å². The Balaban J connectivity index is 1.27. The van der Waals surface area contributed by atoms with Gasteiger partial charge in [0.05, 0.1) is 46.0 Å². The average Bonchev–Trinajstić information content (AvgIpc) is 4.13. The van der Waals surface area contributed by atoms with Gasteiger partial charge in [-0.05, 0) is 94.1 Å². The van der Waals surface area contributed by atoms with Crippen LogP contribution >= 0.6 is 54.5 Å². The summed E-state index contributed by atoms with van der Waals surface area (Å²) < 4.78 is 8.62. The molecule has 4 heterocycles. The van der Waals surface area contributed by atoms with Gasteiger partial charge >= 0.3 is 0 Å². The third-order valence-corrected chi connectivity index (χ3v) is 18.6. The van der Waals surface area contributed by atoms with Gasteiger partial charge in [0.15, 0.2) is 0 Å². The van der Waals surface area contributed by atoms with Gasteiger partial charge in [-0.1, -0.05) is 246 Å². The predicted molar refractivity (Wildman–Crippen MR) is 317 cm³/mol. The van der Waals surface area contributed by atoms with E-state index in [9.17, 15) is 9.59 Å². The number of nitrogens with zero attached hydrogens (tertiary/aromatic N) is 2. The highest BCUT2D eigenvalue weighted by Gasteiger charge is 2.49. The number of unbranched alkanes of at least 4 members (excludes halogenated alkanes) is 30. The highest BCUT2D eigenvalue weighted by Crippen LogP contribution is 2.49. The molecular weight excluding hydrogens is 1040 g/mol. The molecule has 0 fully saturated rings. The van der Waals surface area contributed by atoms with Crippen molar-refractivity contribution in [3.8, 4) is 0 Å². The largest absolute Gasteiger partial charge is 0.378 e. The van der Waals surface area contributed by atoms with Gasteiger partial charge in [0.25, 0.3) is 11.8 Å². The lowest BCUT2D eigenvalue weighted by atomic mass is 9.96. The fraction of sp³-hybridized carbons (Fsp3) is 0.774. The van der Waals surface area contributed by atoms with Crippen molar-refractivity contribution in [2.45, 2.75) is 284 Å². The van der Waals surface area contributed by atoms with Crippen LogP contribution in [0.4, 0.5) is 0 Å². The number of rotatable bonds is 47. The lowest BCUT2D eigenvalue weighted by Gasteiger charge is -2.24. The molecule has 9 heteroatoms. The van der Waals surface area contributed by atoms with Crippen molar-refractivity contribution in [3.63, 3.8) is 0 Å². The molecule has 2 amide bonds. The van der Waals surface area contributed by atoms with Crippen molar-refractivity contribution in [3.05, 3.63) is 52.7 Å². The Kier molecular flexibility index (Phi) is 34.4. The maximum Gasteiger partial charge on any atom is 0.261 e. The molecule has 71 heavy (non-hydrogen) atoms. The van der Waals surface area contributed by atoms with Crippen LogP contribution < -0.4 is 0 Å². The first-order valence-electron chi connectivity index (χ1n) is 30.1. The fourth-order valence-corrected chi connectivity index (χ4v) is 13.8. The standard InChI is InChI=1S/C62H102Br2N2O3S2/c1-5-8-11-14-17-19-21-23-26-33-40-51(4)41-34-28-30-37-48-65-59(53-44-46-55(63)70-53)57-58(61(65)67)60(54-45-47-56(64)71-54)66(62(57)68)49-38-31-29-36-43-52(69-50-39-32-25-16-13-10-7-3)42-35-27-24-22-20-18-15-12-9-6-2/h44-47,51-52H,5-43,48-50H2,1-4H3. The van der Waals surface area contributed by atoms with Crippen molar-refractivity contribution in [2.24, 2.45) is 5.92 Å². The normalized spacial score (nSPS) is 14.8. The third kappa shape index (κ3) is 24.1. The monoisotopic (exact) mass is 1140 g/mol. The number of thiophene rings is 2. The number of amides is 2. The molecule has 2 aliphatic rings. The molecule has 0 saturated carbocycles. The summed E-state index contributed by atoms with van der Waals surface area (Å²) in [6.07, 6.45) is 51.0. The van der Waals surface area contributed by atoms with Crippen LogP contribution in [0.1, 0.15) is 288 Å². The second-order valence-corrected chi connectivity index (χ2v) is 26.6. The first-order valence-corrected chi connectivity index (χ1v) is 33.3. The van der Waals surface area contributed by atoms with Gasteiger partial charge in [0.1, 0.15) is 0 Å². The summed E-state index contributed by atoms with van der Waals surface area (Å²) in [6.45, 7) is 11.5. The Morgan fingerprint density at radius 3 is 1.07 bits per heavy atom. The Bertz CT molecular complexity index is 1780. The van der Waals surface area contributed by atoms with Gasteiger partial charge in [-0.25, -0.2) is 0 Å². The quantitative estimate of drug-likeness (QED) is 0.0621. The lowest BCUT2D eigenvalue weighted by Crippen LogP contribution is -2.30. The number of carbonyl (C=O) groups excluding carboxylic acids is 2. The molecule has 2 aliphatic heterocycles. The Morgan fingerprint density at radius 1 is 0.423 bits per heavy atom. The zero-order valence-corrected chi connectivity index (χ0v) is 50.7. The van der Waals surface area contributed by atoms with Crippen LogP contribution in [0.5, 0.6) is 0 Å². The number of hydrogen-bond donors (Lipinski definition) is 0. The Hall–Kier alpha value is -1.26. The molecule has 2 aromatic rings. The molecule has 5 nitrogen and oxygen atoms in total. The topological polar surface area (TPSA) is 49.9 Å². The van der Waals surface area contributed by atoms with Crippen LogP contribution in [0, 0.1) is 5.92 Å².